The second-order valence-corrected chi connectivity index (χ2v) is 6.13. The number of anilines is 1. The fraction of sp³-hybridized carbons (Fsp3) is 0.143. The van der Waals surface area contributed by atoms with Gasteiger partial charge in [-0.25, -0.2) is 13.6 Å². The molecule has 0 unspecified atom stereocenters. The van der Waals surface area contributed by atoms with E-state index < -0.39 is 14.9 Å². The number of nitrogens with two attached hydrogens (primary N) is 1. The van der Waals surface area contributed by atoms with Crippen LogP contribution in [0.3, 0.4) is 0 Å². The molecule has 3 N–H and O–H groups in total. The van der Waals surface area contributed by atoms with E-state index in [1.165, 1.54) is 12.1 Å². The minimum absolute atomic E-state index is 0.194. The molecule has 0 fully saturated rings. The minimum atomic E-state index is -3.99. The zero-order valence-electron chi connectivity index (χ0n) is 12.0. The van der Waals surface area contributed by atoms with Crippen LogP contribution in [0.2, 0.25) is 0 Å². The Hall–Kier alpha value is -2.65. The van der Waals surface area contributed by atoms with E-state index in [1.54, 1.807) is 12.1 Å². The number of rotatable bonds is 7. The fourth-order valence-corrected chi connectivity index (χ4v) is 2.39. The van der Waals surface area contributed by atoms with Crippen molar-refractivity contribution in [3.05, 3.63) is 58.6 Å². The molecular formula is C14H15N3O5S. The monoisotopic (exact) mass is 337 g/mol. The Morgan fingerprint density at radius 2 is 1.87 bits per heavy atom. The highest BCUT2D eigenvalue weighted by atomic mass is 32.2. The largest absolute Gasteiger partial charge is 0.492 e. The van der Waals surface area contributed by atoms with Gasteiger partial charge in [0.2, 0.25) is 10.0 Å². The molecule has 23 heavy (non-hydrogen) atoms. The van der Waals surface area contributed by atoms with Gasteiger partial charge in [-0.1, -0.05) is 18.2 Å². The topological polar surface area (TPSA) is 125 Å². The molecule has 0 aliphatic rings. The summed E-state index contributed by atoms with van der Waals surface area (Å²) in [5, 5.41) is 18.9. The van der Waals surface area contributed by atoms with Crippen molar-refractivity contribution in [2.45, 2.75) is 4.90 Å². The summed E-state index contributed by atoms with van der Waals surface area (Å²) < 4.78 is 28.0. The average Bonchev–Trinajstić information content (AvgIpc) is 2.51. The van der Waals surface area contributed by atoms with Gasteiger partial charge in [0.1, 0.15) is 18.0 Å². The van der Waals surface area contributed by atoms with Crippen LogP contribution in [0.1, 0.15) is 0 Å². The van der Waals surface area contributed by atoms with Crippen LogP contribution in [-0.2, 0) is 10.0 Å². The van der Waals surface area contributed by atoms with Crippen molar-refractivity contribution in [2.24, 2.45) is 5.14 Å². The molecule has 9 heteroatoms. The van der Waals surface area contributed by atoms with Gasteiger partial charge in [0.05, 0.1) is 9.82 Å². The summed E-state index contributed by atoms with van der Waals surface area (Å²) in [7, 11) is -3.99. The van der Waals surface area contributed by atoms with Gasteiger partial charge in [-0.3, -0.25) is 10.1 Å². The van der Waals surface area contributed by atoms with Crippen molar-refractivity contribution in [1.29, 1.82) is 0 Å². The van der Waals surface area contributed by atoms with Crippen LogP contribution in [0, 0.1) is 10.1 Å². The van der Waals surface area contributed by atoms with Crippen LogP contribution in [0.25, 0.3) is 0 Å². The van der Waals surface area contributed by atoms with Crippen molar-refractivity contribution in [2.75, 3.05) is 18.5 Å². The highest BCUT2D eigenvalue weighted by Crippen LogP contribution is 2.26. The number of para-hydroxylation sites is 1. The number of nitro groups is 1. The third-order valence-electron chi connectivity index (χ3n) is 2.92. The first-order chi connectivity index (χ1) is 10.9. The van der Waals surface area contributed by atoms with Gasteiger partial charge in [-0.05, 0) is 24.3 Å². The number of primary sulfonamides is 1. The predicted molar refractivity (Wildman–Crippen MR) is 84.9 cm³/mol. The van der Waals surface area contributed by atoms with Gasteiger partial charge in [-0.15, -0.1) is 0 Å². The number of sulfonamides is 1. The zero-order chi connectivity index (χ0) is 16.9. The Labute approximate surface area is 133 Å². The number of hydrogen-bond acceptors (Lipinski definition) is 6. The number of nitrogens with zero attached hydrogens (tertiary/aromatic N) is 1. The standard InChI is InChI=1S/C14H15N3O5S/c15-23(20,21)12-6-7-13(14(10-12)17(18)19)16-8-9-22-11-4-2-1-3-5-11/h1-7,10,16H,8-9H2,(H2,15,20,21). The van der Waals surface area contributed by atoms with Crippen molar-refractivity contribution in [3.63, 3.8) is 0 Å². The van der Waals surface area contributed by atoms with Crippen LogP contribution in [0.15, 0.2) is 53.4 Å². The Balaban J connectivity index is 2.03. The molecule has 0 radical (unpaired) electrons. The molecule has 0 amide bonds. The molecule has 0 saturated carbocycles. The van der Waals surface area contributed by atoms with E-state index in [9.17, 15) is 18.5 Å². The molecule has 0 aromatic heterocycles. The Morgan fingerprint density at radius 3 is 2.48 bits per heavy atom. The third kappa shape index (κ3) is 4.66. The maximum absolute atomic E-state index is 11.3. The molecule has 122 valence electrons. The second-order valence-electron chi connectivity index (χ2n) is 4.57. The second kappa shape index (κ2) is 7.07. The summed E-state index contributed by atoms with van der Waals surface area (Å²) in [6.45, 7) is 0.600. The minimum Gasteiger partial charge on any atom is -0.492 e. The van der Waals surface area contributed by atoms with Crippen LogP contribution in [0.5, 0.6) is 5.75 Å². The number of nitro benzene ring substituents is 1. The first-order valence-electron chi connectivity index (χ1n) is 6.61. The fourth-order valence-electron chi connectivity index (χ4n) is 1.86. The molecule has 0 saturated heterocycles. The molecule has 8 nitrogen and oxygen atoms in total. The van der Waals surface area contributed by atoms with E-state index in [2.05, 4.69) is 5.32 Å². The van der Waals surface area contributed by atoms with Crippen LogP contribution >= 0.6 is 0 Å². The lowest BCUT2D eigenvalue weighted by molar-refractivity contribution is -0.384. The first kappa shape index (κ1) is 16.7. The first-order valence-corrected chi connectivity index (χ1v) is 8.15. The molecule has 2 rings (SSSR count). The molecule has 0 bridgehead atoms. The predicted octanol–water partition coefficient (Wildman–Crippen LogP) is 1.73. The van der Waals surface area contributed by atoms with E-state index in [-0.39, 0.29) is 22.9 Å². The molecule has 0 spiro atoms. The number of benzene rings is 2. The SMILES string of the molecule is NS(=O)(=O)c1ccc(NCCOc2ccccc2)c([N+](=O)[O-])c1. The molecule has 2 aromatic carbocycles. The Morgan fingerprint density at radius 1 is 1.17 bits per heavy atom. The number of nitrogens with one attached hydrogen (secondary N) is 1. The highest BCUT2D eigenvalue weighted by molar-refractivity contribution is 7.89. The van der Waals surface area contributed by atoms with Gasteiger partial charge in [0, 0.05) is 12.6 Å². The van der Waals surface area contributed by atoms with Gasteiger partial charge in [0.25, 0.3) is 5.69 Å². The number of hydrogen-bond donors (Lipinski definition) is 2. The van der Waals surface area contributed by atoms with Crippen LogP contribution in [0.4, 0.5) is 11.4 Å². The van der Waals surface area contributed by atoms with Gasteiger partial charge in [-0.2, -0.15) is 0 Å². The summed E-state index contributed by atoms with van der Waals surface area (Å²) >= 11 is 0. The lowest BCUT2D eigenvalue weighted by atomic mass is 10.2. The molecule has 0 atom stereocenters. The summed E-state index contributed by atoms with van der Waals surface area (Å²) in [5.41, 5.74) is -0.171. The summed E-state index contributed by atoms with van der Waals surface area (Å²) in [6, 6.07) is 12.6. The quantitative estimate of drug-likeness (QED) is 0.450. The maximum atomic E-state index is 11.3. The number of ether oxygens (including phenoxy) is 1. The molecule has 0 heterocycles. The molecule has 0 aliphatic heterocycles. The van der Waals surface area contributed by atoms with Crippen molar-refractivity contribution < 1.29 is 18.1 Å². The average molecular weight is 337 g/mol. The highest BCUT2D eigenvalue weighted by Gasteiger charge is 2.18. The summed E-state index contributed by atoms with van der Waals surface area (Å²) in [5.74, 6) is 0.688. The summed E-state index contributed by atoms with van der Waals surface area (Å²) in [4.78, 5) is 10.1. The molecule has 0 aliphatic carbocycles. The van der Waals surface area contributed by atoms with E-state index in [0.29, 0.717) is 12.3 Å². The van der Waals surface area contributed by atoms with Crippen LogP contribution in [-0.4, -0.2) is 26.5 Å². The normalized spacial score (nSPS) is 11.0. The maximum Gasteiger partial charge on any atom is 0.293 e. The van der Waals surface area contributed by atoms with E-state index in [0.717, 1.165) is 6.07 Å². The zero-order valence-corrected chi connectivity index (χ0v) is 12.8. The van der Waals surface area contributed by atoms with Crippen molar-refractivity contribution in [1.82, 2.24) is 0 Å². The van der Waals surface area contributed by atoms with Crippen molar-refractivity contribution >= 4 is 21.4 Å². The van der Waals surface area contributed by atoms with Crippen molar-refractivity contribution in [3.8, 4) is 5.75 Å². The van der Waals surface area contributed by atoms with Crippen LogP contribution < -0.4 is 15.2 Å². The van der Waals surface area contributed by atoms with E-state index >= 15 is 0 Å². The third-order valence-corrected chi connectivity index (χ3v) is 3.83. The van der Waals surface area contributed by atoms with Gasteiger partial charge < -0.3 is 10.1 Å². The molecular weight excluding hydrogens is 322 g/mol. The van der Waals surface area contributed by atoms with E-state index in [4.69, 9.17) is 9.88 Å². The smallest absolute Gasteiger partial charge is 0.293 e. The Bertz CT molecular complexity index is 793. The lowest BCUT2D eigenvalue weighted by Gasteiger charge is -2.09. The van der Waals surface area contributed by atoms with E-state index in [1.807, 2.05) is 18.2 Å². The molecule has 2 aromatic rings. The summed E-state index contributed by atoms with van der Waals surface area (Å²) in [6.07, 6.45) is 0. The Kier molecular flexibility index (Phi) is 5.14. The van der Waals surface area contributed by atoms with Gasteiger partial charge >= 0.3 is 0 Å². The lowest BCUT2D eigenvalue weighted by Crippen LogP contribution is -2.14. The van der Waals surface area contributed by atoms with Gasteiger partial charge in [0.15, 0.2) is 0 Å².